The second-order valence-corrected chi connectivity index (χ2v) is 6.24. The molecule has 1 aromatic rings. The van der Waals surface area contributed by atoms with Crippen LogP contribution in [0.15, 0.2) is 16.6 Å². The summed E-state index contributed by atoms with van der Waals surface area (Å²) in [4.78, 5) is 0. The summed E-state index contributed by atoms with van der Waals surface area (Å²) in [5, 5.41) is 0.384. The van der Waals surface area contributed by atoms with Crippen molar-refractivity contribution in [1.29, 1.82) is 0 Å². The van der Waals surface area contributed by atoms with Gasteiger partial charge in [-0.2, -0.15) is 0 Å². The van der Waals surface area contributed by atoms with Crippen molar-refractivity contribution >= 4 is 39.1 Å². The number of hydrogen-bond donors (Lipinski definition) is 0. The Balaban J connectivity index is 2.31. The lowest BCUT2D eigenvalue weighted by Gasteiger charge is -2.21. The standard InChI is InChI=1S/C13H15BrCl2O2/c1-7-3-4-11(18-7)12(16)9-5-8(15)6-10(14)13(9)17-2/h5-7,11-12H,3-4H2,1-2H3. The Morgan fingerprint density at radius 1 is 1.44 bits per heavy atom. The predicted octanol–water partition coefficient (Wildman–Crippen LogP) is 4.96. The first kappa shape index (κ1) is 14.4. The second-order valence-electron chi connectivity index (χ2n) is 4.47. The Kier molecular flexibility index (Phi) is 4.81. The van der Waals surface area contributed by atoms with Crippen LogP contribution in [0.2, 0.25) is 5.02 Å². The molecule has 18 heavy (non-hydrogen) atoms. The van der Waals surface area contributed by atoms with Gasteiger partial charge in [0.25, 0.3) is 0 Å². The van der Waals surface area contributed by atoms with Crippen LogP contribution in [0.1, 0.15) is 30.7 Å². The van der Waals surface area contributed by atoms with Gasteiger partial charge in [0.1, 0.15) is 5.75 Å². The molecule has 0 amide bonds. The number of halogens is 3. The van der Waals surface area contributed by atoms with E-state index in [4.69, 9.17) is 32.7 Å². The monoisotopic (exact) mass is 352 g/mol. The molecular weight excluding hydrogens is 339 g/mol. The van der Waals surface area contributed by atoms with Crippen LogP contribution in [0.5, 0.6) is 5.75 Å². The van der Waals surface area contributed by atoms with Gasteiger partial charge in [-0.15, -0.1) is 11.6 Å². The highest BCUT2D eigenvalue weighted by molar-refractivity contribution is 9.10. The van der Waals surface area contributed by atoms with Crippen LogP contribution in [0, 0.1) is 0 Å². The van der Waals surface area contributed by atoms with Crippen molar-refractivity contribution in [3.63, 3.8) is 0 Å². The van der Waals surface area contributed by atoms with Crippen molar-refractivity contribution in [2.45, 2.75) is 37.4 Å². The van der Waals surface area contributed by atoms with Crippen molar-refractivity contribution in [3.8, 4) is 5.75 Å². The highest BCUT2D eigenvalue weighted by atomic mass is 79.9. The van der Waals surface area contributed by atoms with Gasteiger partial charge in [-0.1, -0.05) is 11.6 Å². The highest BCUT2D eigenvalue weighted by Crippen LogP contribution is 2.43. The molecule has 100 valence electrons. The van der Waals surface area contributed by atoms with Crippen molar-refractivity contribution in [2.24, 2.45) is 0 Å². The van der Waals surface area contributed by atoms with Crippen molar-refractivity contribution < 1.29 is 9.47 Å². The molecule has 3 atom stereocenters. The summed E-state index contributed by atoms with van der Waals surface area (Å²) >= 11 is 16.0. The average molecular weight is 354 g/mol. The van der Waals surface area contributed by atoms with Gasteiger partial charge in [0.15, 0.2) is 0 Å². The Morgan fingerprint density at radius 2 is 2.17 bits per heavy atom. The van der Waals surface area contributed by atoms with E-state index in [-0.39, 0.29) is 17.6 Å². The van der Waals surface area contributed by atoms with E-state index in [1.54, 1.807) is 13.2 Å². The predicted molar refractivity (Wildman–Crippen MR) is 77.9 cm³/mol. The minimum atomic E-state index is -0.250. The molecule has 0 N–H and O–H groups in total. The van der Waals surface area contributed by atoms with Crippen LogP contribution in [-0.2, 0) is 4.74 Å². The zero-order chi connectivity index (χ0) is 13.3. The smallest absolute Gasteiger partial charge is 0.137 e. The van der Waals surface area contributed by atoms with Gasteiger partial charge in [0.05, 0.1) is 29.2 Å². The van der Waals surface area contributed by atoms with E-state index in [0.29, 0.717) is 5.02 Å². The number of methoxy groups -OCH3 is 1. The lowest BCUT2D eigenvalue weighted by Crippen LogP contribution is -2.15. The summed E-state index contributed by atoms with van der Waals surface area (Å²) in [5.41, 5.74) is 0.873. The third-order valence-electron chi connectivity index (χ3n) is 3.13. The largest absolute Gasteiger partial charge is 0.495 e. The van der Waals surface area contributed by atoms with E-state index < -0.39 is 0 Å². The lowest BCUT2D eigenvalue weighted by atomic mass is 10.0. The van der Waals surface area contributed by atoms with E-state index in [2.05, 4.69) is 22.9 Å². The Hall–Kier alpha value is 0.0400. The molecule has 0 saturated carbocycles. The van der Waals surface area contributed by atoms with Crippen LogP contribution < -0.4 is 4.74 Å². The summed E-state index contributed by atoms with van der Waals surface area (Å²) < 4.78 is 12.0. The molecule has 0 aromatic heterocycles. The quantitative estimate of drug-likeness (QED) is 0.715. The Bertz CT molecular complexity index is 439. The molecule has 1 heterocycles. The van der Waals surface area contributed by atoms with Crippen molar-refractivity contribution in [2.75, 3.05) is 7.11 Å². The summed E-state index contributed by atoms with van der Waals surface area (Å²) in [6, 6.07) is 3.64. The minimum Gasteiger partial charge on any atom is -0.495 e. The minimum absolute atomic E-state index is 0.0148. The highest BCUT2D eigenvalue weighted by Gasteiger charge is 2.31. The first-order chi connectivity index (χ1) is 8.52. The fraction of sp³-hybridized carbons (Fsp3) is 0.538. The maximum Gasteiger partial charge on any atom is 0.137 e. The Morgan fingerprint density at radius 3 is 2.72 bits per heavy atom. The van der Waals surface area contributed by atoms with E-state index in [1.807, 2.05) is 6.07 Å². The SMILES string of the molecule is COc1c(Br)cc(Cl)cc1C(Cl)C1CCC(C)O1. The molecule has 3 unspecified atom stereocenters. The van der Waals surface area contributed by atoms with Crippen LogP contribution in [0.4, 0.5) is 0 Å². The molecule has 1 aliphatic heterocycles. The number of benzene rings is 1. The topological polar surface area (TPSA) is 18.5 Å². The number of ether oxygens (including phenoxy) is 2. The molecule has 2 nitrogen and oxygen atoms in total. The molecule has 2 rings (SSSR count). The summed E-state index contributed by atoms with van der Waals surface area (Å²) in [7, 11) is 1.62. The van der Waals surface area contributed by atoms with Gasteiger partial charge < -0.3 is 9.47 Å². The third kappa shape index (κ3) is 2.96. The van der Waals surface area contributed by atoms with Gasteiger partial charge in [0.2, 0.25) is 0 Å². The van der Waals surface area contributed by atoms with Crippen LogP contribution in [0.25, 0.3) is 0 Å². The normalized spacial score (nSPS) is 25.2. The molecule has 5 heteroatoms. The van der Waals surface area contributed by atoms with Gasteiger partial charge in [-0.25, -0.2) is 0 Å². The molecule has 0 spiro atoms. The maximum absolute atomic E-state index is 6.52. The van der Waals surface area contributed by atoms with Crippen LogP contribution in [-0.4, -0.2) is 19.3 Å². The van der Waals surface area contributed by atoms with E-state index >= 15 is 0 Å². The lowest BCUT2D eigenvalue weighted by molar-refractivity contribution is 0.0529. The summed E-state index contributed by atoms with van der Waals surface area (Å²) in [6.45, 7) is 2.06. The molecule has 1 fully saturated rings. The number of alkyl halides is 1. The summed E-state index contributed by atoms with van der Waals surface area (Å²) in [6.07, 6.45) is 2.28. The molecule has 1 aromatic carbocycles. The van der Waals surface area contributed by atoms with Gasteiger partial charge in [0, 0.05) is 10.6 Å². The zero-order valence-corrected chi connectivity index (χ0v) is 13.3. The number of rotatable bonds is 3. The number of hydrogen-bond acceptors (Lipinski definition) is 2. The average Bonchev–Trinajstić information content (AvgIpc) is 2.74. The first-order valence-electron chi connectivity index (χ1n) is 5.85. The molecule has 0 bridgehead atoms. The molecule has 1 aliphatic rings. The zero-order valence-electron chi connectivity index (χ0n) is 10.3. The van der Waals surface area contributed by atoms with Crippen LogP contribution >= 0.6 is 39.1 Å². The molecule has 0 aliphatic carbocycles. The molecule has 0 radical (unpaired) electrons. The van der Waals surface area contributed by atoms with E-state index in [1.165, 1.54) is 0 Å². The molecule has 1 saturated heterocycles. The van der Waals surface area contributed by atoms with E-state index in [0.717, 1.165) is 28.6 Å². The van der Waals surface area contributed by atoms with Gasteiger partial charge in [-0.3, -0.25) is 0 Å². The summed E-state index contributed by atoms with van der Waals surface area (Å²) in [5.74, 6) is 0.725. The third-order valence-corrected chi connectivity index (χ3v) is 4.45. The maximum atomic E-state index is 6.52. The van der Waals surface area contributed by atoms with Gasteiger partial charge >= 0.3 is 0 Å². The van der Waals surface area contributed by atoms with Crippen molar-refractivity contribution in [1.82, 2.24) is 0 Å². The Labute approximate surface area is 126 Å². The van der Waals surface area contributed by atoms with Gasteiger partial charge in [-0.05, 0) is 47.8 Å². The molecular formula is C13H15BrCl2O2. The first-order valence-corrected chi connectivity index (χ1v) is 7.46. The van der Waals surface area contributed by atoms with Crippen LogP contribution in [0.3, 0.4) is 0 Å². The van der Waals surface area contributed by atoms with Crippen molar-refractivity contribution in [3.05, 3.63) is 27.2 Å². The second kappa shape index (κ2) is 6.00. The fourth-order valence-electron chi connectivity index (χ4n) is 2.25. The fourth-order valence-corrected chi connectivity index (χ4v) is 3.59. The van der Waals surface area contributed by atoms with E-state index in [9.17, 15) is 0 Å².